The highest BCUT2D eigenvalue weighted by Crippen LogP contribution is 2.03. The lowest BCUT2D eigenvalue weighted by molar-refractivity contribution is -0.121. The first kappa shape index (κ1) is 14.8. The first-order chi connectivity index (χ1) is 8.28. The van der Waals surface area contributed by atoms with Crippen molar-refractivity contribution in [2.45, 2.75) is 39.3 Å². The van der Waals surface area contributed by atoms with E-state index in [1.165, 1.54) is 0 Å². The zero-order valence-corrected chi connectivity index (χ0v) is 11.7. The first-order valence-electron chi connectivity index (χ1n) is 6.25. The topological polar surface area (TPSA) is 80.0 Å². The van der Waals surface area contributed by atoms with Crippen LogP contribution in [0.4, 0.5) is 0 Å². The lowest BCUT2D eigenvalue weighted by Gasteiger charge is -2.31. The van der Waals surface area contributed by atoms with Gasteiger partial charge < -0.3 is 20.7 Å². The number of carbonyl (C=O) groups excluding carboxylic acids is 1. The van der Waals surface area contributed by atoms with Crippen LogP contribution in [-0.4, -0.2) is 54.7 Å². The van der Waals surface area contributed by atoms with Crippen LogP contribution in [0.3, 0.4) is 0 Å². The van der Waals surface area contributed by atoms with Crippen molar-refractivity contribution in [2.24, 2.45) is 10.7 Å². The summed E-state index contributed by atoms with van der Waals surface area (Å²) in [6, 6.07) is 0. The number of morpholine rings is 1. The van der Waals surface area contributed by atoms with Crippen LogP contribution in [0.25, 0.3) is 0 Å². The number of nitrogens with two attached hydrogens (primary N) is 1. The third-order valence-electron chi connectivity index (χ3n) is 2.46. The van der Waals surface area contributed by atoms with Crippen LogP contribution in [-0.2, 0) is 9.53 Å². The van der Waals surface area contributed by atoms with Gasteiger partial charge in [-0.3, -0.25) is 4.79 Å². The van der Waals surface area contributed by atoms with Crippen molar-refractivity contribution in [3.8, 4) is 0 Å². The molecule has 1 atom stereocenters. The fraction of sp³-hybridized carbons (Fsp3) is 0.833. The summed E-state index contributed by atoms with van der Waals surface area (Å²) in [4.78, 5) is 17.7. The molecule has 0 saturated carbocycles. The summed E-state index contributed by atoms with van der Waals surface area (Å²) in [5.74, 6) is 0.293. The largest absolute Gasteiger partial charge is 0.375 e. The number of rotatable bonds is 2. The van der Waals surface area contributed by atoms with Gasteiger partial charge in [-0.05, 0) is 27.7 Å². The third-order valence-corrected chi connectivity index (χ3v) is 2.46. The fourth-order valence-corrected chi connectivity index (χ4v) is 1.74. The zero-order valence-electron chi connectivity index (χ0n) is 11.7. The van der Waals surface area contributed by atoms with Crippen LogP contribution in [0.1, 0.15) is 27.7 Å². The maximum Gasteiger partial charge on any atom is 0.242 e. The van der Waals surface area contributed by atoms with Gasteiger partial charge in [-0.15, -0.1) is 0 Å². The second-order valence-electron chi connectivity index (χ2n) is 5.60. The maximum atomic E-state index is 11.6. The molecular weight excluding hydrogens is 232 g/mol. The van der Waals surface area contributed by atoms with Crippen LogP contribution in [0.15, 0.2) is 4.99 Å². The van der Waals surface area contributed by atoms with Crippen molar-refractivity contribution in [3.63, 3.8) is 0 Å². The van der Waals surface area contributed by atoms with E-state index in [-0.39, 0.29) is 24.1 Å². The van der Waals surface area contributed by atoms with Gasteiger partial charge in [-0.25, -0.2) is 4.99 Å². The summed E-state index contributed by atoms with van der Waals surface area (Å²) in [7, 11) is 0. The van der Waals surface area contributed by atoms with E-state index in [2.05, 4.69) is 10.3 Å². The van der Waals surface area contributed by atoms with Crippen LogP contribution in [0, 0.1) is 0 Å². The van der Waals surface area contributed by atoms with Gasteiger partial charge in [0.15, 0.2) is 5.96 Å². The van der Waals surface area contributed by atoms with Gasteiger partial charge in [0.1, 0.15) is 6.54 Å². The predicted octanol–water partition coefficient (Wildman–Crippen LogP) is -0.0635. The Hall–Kier alpha value is -1.30. The minimum Gasteiger partial charge on any atom is -0.375 e. The molecule has 1 saturated heterocycles. The molecule has 1 rings (SSSR count). The zero-order chi connectivity index (χ0) is 13.8. The van der Waals surface area contributed by atoms with E-state index >= 15 is 0 Å². The van der Waals surface area contributed by atoms with Gasteiger partial charge in [-0.1, -0.05) is 0 Å². The molecule has 6 nitrogen and oxygen atoms in total. The number of nitrogens with one attached hydrogen (secondary N) is 1. The standard InChI is InChI=1S/C12H24N4O2/c1-9-8-16(5-6-18-9)11(13)14-7-10(17)15-12(2,3)4/h9H,5-8H2,1-4H3,(H2,13,14)(H,15,17). The van der Waals surface area contributed by atoms with Gasteiger partial charge in [0, 0.05) is 18.6 Å². The lowest BCUT2D eigenvalue weighted by atomic mass is 10.1. The Morgan fingerprint density at radius 1 is 1.56 bits per heavy atom. The predicted molar refractivity (Wildman–Crippen MR) is 71.4 cm³/mol. The highest BCUT2D eigenvalue weighted by Gasteiger charge is 2.18. The second kappa shape index (κ2) is 6.04. The normalized spacial score (nSPS) is 21.9. The molecule has 0 aliphatic carbocycles. The molecule has 0 spiro atoms. The quantitative estimate of drug-likeness (QED) is 0.535. The summed E-state index contributed by atoms with van der Waals surface area (Å²) in [6.07, 6.45) is 0.149. The molecule has 18 heavy (non-hydrogen) atoms. The maximum absolute atomic E-state index is 11.6. The molecule has 1 unspecified atom stereocenters. The molecule has 0 radical (unpaired) electrons. The van der Waals surface area contributed by atoms with Gasteiger partial charge in [0.2, 0.25) is 5.91 Å². The highest BCUT2D eigenvalue weighted by molar-refractivity contribution is 5.84. The smallest absolute Gasteiger partial charge is 0.242 e. The SMILES string of the molecule is CC1CN(C(N)=NCC(=O)NC(C)(C)C)CCO1. The highest BCUT2D eigenvalue weighted by atomic mass is 16.5. The Bertz CT molecular complexity index is 323. The van der Waals surface area contributed by atoms with E-state index in [0.717, 1.165) is 13.1 Å². The molecule has 0 aromatic rings. The number of hydrogen-bond donors (Lipinski definition) is 2. The van der Waals surface area contributed by atoms with Gasteiger partial charge >= 0.3 is 0 Å². The van der Waals surface area contributed by atoms with Gasteiger partial charge in [0.25, 0.3) is 0 Å². The number of guanidine groups is 1. The van der Waals surface area contributed by atoms with E-state index in [0.29, 0.717) is 12.6 Å². The molecule has 0 aromatic heterocycles. The summed E-state index contributed by atoms with van der Waals surface area (Å²) in [5, 5.41) is 2.84. The summed E-state index contributed by atoms with van der Waals surface area (Å²) >= 11 is 0. The molecule has 1 amide bonds. The summed E-state index contributed by atoms with van der Waals surface area (Å²) in [5.41, 5.74) is 5.62. The Morgan fingerprint density at radius 3 is 2.78 bits per heavy atom. The van der Waals surface area contributed by atoms with Crippen LogP contribution < -0.4 is 11.1 Å². The Morgan fingerprint density at radius 2 is 2.22 bits per heavy atom. The molecule has 1 aliphatic rings. The molecule has 0 aromatic carbocycles. The number of ether oxygens (including phenoxy) is 1. The molecule has 104 valence electrons. The van der Waals surface area contributed by atoms with Crippen LogP contribution in [0.2, 0.25) is 0 Å². The number of aliphatic imine (C=N–C) groups is 1. The Labute approximate surface area is 109 Å². The van der Waals surface area contributed by atoms with Crippen LogP contribution >= 0.6 is 0 Å². The molecule has 3 N–H and O–H groups in total. The van der Waals surface area contributed by atoms with E-state index in [1.807, 2.05) is 32.6 Å². The van der Waals surface area contributed by atoms with E-state index in [1.54, 1.807) is 0 Å². The molecule has 0 bridgehead atoms. The number of nitrogens with zero attached hydrogens (tertiary/aromatic N) is 2. The Balaban J connectivity index is 2.43. The summed E-state index contributed by atoms with van der Waals surface area (Å²) < 4.78 is 5.42. The second-order valence-corrected chi connectivity index (χ2v) is 5.60. The first-order valence-corrected chi connectivity index (χ1v) is 6.25. The van der Waals surface area contributed by atoms with E-state index in [9.17, 15) is 4.79 Å². The van der Waals surface area contributed by atoms with E-state index in [4.69, 9.17) is 10.5 Å². The van der Waals surface area contributed by atoms with Crippen molar-refractivity contribution in [1.29, 1.82) is 0 Å². The fourth-order valence-electron chi connectivity index (χ4n) is 1.74. The lowest BCUT2D eigenvalue weighted by Crippen LogP contribution is -2.48. The average molecular weight is 256 g/mol. The molecule has 1 fully saturated rings. The van der Waals surface area contributed by atoms with Crippen molar-refractivity contribution in [1.82, 2.24) is 10.2 Å². The molecule has 6 heteroatoms. The average Bonchev–Trinajstić information content (AvgIpc) is 2.23. The Kier molecular flexibility index (Phi) is 4.95. The molecule has 1 aliphatic heterocycles. The third kappa shape index (κ3) is 5.35. The van der Waals surface area contributed by atoms with Gasteiger partial charge in [-0.2, -0.15) is 0 Å². The minimum absolute atomic E-state index is 0.0643. The van der Waals surface area contributed by atoms with Crippen molar-refractivity contribution in [2.75, 3.05) is 26.2 Å². The molecular formula is C12H24N4O2. The molecule has 1 heterocycles. The number of carbonyl (C=O) groups is 1. The monoisotopic (exact) mass is 256 g/mol. The van der Waals surface area contributed by atoms with Gasteiger partial charge in [0.05, 0.1) is 12.7 Å². The van der Waals surface area contributed by atoms with Crippen LogP contribution in [0.5, 0.6) is 0 Å². The summed E-state index contributed by atoms with van der Waals surface area (Å²) in [6.45, 7) is 9.94. The minimum atomic E-state index is -0.241. The van der Waals surface area contributed by atoms with Crippen molar-refractivity contribution in [3.05, 3.63) is 0 Å². The number of amides is 1. The van der Waals surface area contributed by atoms with Crippen molar-refractivity contribution < 1.29 is 9.53 Å². The number of hydrogen-bond acceptors (Lipinski definition) is 3. The van der Waals surface area contributed by atoms with Crippen molar-refractivity contribution >= 4 is 11.9 Å². The van der Waals surface area contributed by atoms with E-state index < -0.39 is 0 Å².